The lowest BCUT2D eigenvalue weighted by molar-refractivity contribution is -0.000393. The maximum atomic E-state index is 12.8. The minimum atomic E-state index is -0.531. The Balaban J connectivity index is 3.31. The Morgan fingerprint density at radius 3 is 2.29 bits per heavy atom. The molecule has 0 aliphatic rings. The normalized spacial score (nSPS) is 12.9. The number of ketones is 1. The molecule has 1 unspecified atom stereocenters. The Bertz CT molecular complexity index is 506. The van der Waals surface area contributed by atoms with Gasteiger partial charge in [0.15, 0.2) is 5.78 Å². The van der Waals surface area contributed by atoms with E-state index in [2.05, 4.69) is 15.9 Å². The van der Waals surface area contributed by atoms with Gasteiger partial charge in [0.05, 0.1) is 19.8 Å². The fraction of sp³-hybridized carbons (Fsp3) is 0.562. The summed E-state index contributed by atoms with van der Waals surface area (Å²) in [6.07, 6.45) is -0.531. The number of ether oxygens (including phenoxy) is 3. The predicted octanol–water partition coefficient (Wildman–Crippen LogP) is 4.10. The maximum absolute atomic E-state index is 12.8. The molecule has 1 aromatic carbocycles. The molecule has 0 aromatic heterocycles. The van der Waals surface area contributed by atoms with E-state index in [1.165, 1.54) is 7.11 Å². The van der Waals surface area contributed by atoms with Crippen LogP contribution in [-0.4, -0.2) is 32.7 Å². The highest BCUT2D eigenvalue weighted by atomic mass is 79.9. The van der Waals surface area contributed by atoms with Crippen molar-refractivity contribution in [1.29, 1.82) is 0 Å². The molecule has 0 fully saturated rings. The first kappa shape index (κ1) is 18.0. The smallest absolute Gasteiger partial charge is 0.195 e. The molecule has 1 aromatic rings. The first-order valence-corrected chi connectivity index (χ1v) is 7.63. The minimum Gasteiger partial charge on any atom is -0.495 e. The molecule has 0 aliphatic heterocycles. The summed E-state index contributed by atoms with van der Waals surface area (Å²) in [7, 11) is 3.10. The van der Waals surface area contributed by atoms with E-state index < -0.39 is 6.10 Å². The zero-order chi connectivity index (χ0) is 16.2. The van der Waals surface area contributed by atoms with E-state index in [1.807, 2.05) is 27.7 Å². The summed E-state index contributed by atoms with van der Waals surface area (Å²) in [6, 6.07) is 3.45. The molecule has 0 amide bonds. The second-order valence-electron chi connectivity index (χ2n) is 5.73. The number of methoxy groups -OCH3 is 2. The van der Waals surface area contributed by atoms with E-state index in [-0.39, 0.29) is 11.2 Å². The highest BCUT2D eigenvalue weighted by molar-refractivity contribution is 9.10. The third-order valence-electron chi connectivity index (χ3n) is 3.11. The van der Waals surface area contributed by atoms with E-state index in [0.717, 1.165) is 0 Å². The van der Waals surface area contributed by atoms with Crippen LogP contribution in [0.3, 0.4) is 0 Å². The van der Waals surface area contributed by atoms with E-state index in [9.17, 15) is 4.79 Å². The second kappa shape index (κ2) is 7.27. The molecule has 0 bridgehead atoms. The molecule has 118 valence electrons. The maximum Gasteiger partial charge on any atom is 0.195 e. The number of carbonyl (C=O) groups excluding carboxylic acids is 1. The quantitative estimate of drug-likeness (QED) is 0.718. The van der Waals surface area contributed by atoms with Crippen LogP contribution in [0.1, 0.15) is 38.1 Å². The third-order valence-corrected chi connectivity index (χ3v) is 3.86. The van der Waals surface area contributed by atoms with Gasteiger partial charge in [0.25, 0.3) is 0 Å². The molecule has 5 heteroatoms. The standard InChI is InChI=1S/C16H23BrO4/c1-7-21-15(16(2,3)4)13(18)10-8-9-11(19-5)12(17)14(10)20-6/h8-9,15H,7H2,1-6H3. The lowest BCUT2D eigenvalue weighted by Gasteiger charge is -2.29. The molecule has 1 atom stereocenters. The fourth-order valence-corrected chi connectivity index (χ4v) is 2.79. The molecule has 0 radical (unpaired) electrons. The van der Waals surface area contributed by atoms with Crippen LogP contribution < -0.4 is 9.47 Å². The molecule has 0 N–H and O–H groups in total. The lowest BCUT2D eigenvalue weighted by Crippen LogP contribution is -2.37. The van der Waals surface area contributed by atoms with Crippen LogP contribution in [0.25, 0.3) is 0 Å². The number of benzene rings is 1. The lowest BCUT2D eigenvalue weighted by atomic mass is 9.84. The van der Waals surface area contributed by atoms with Gasteiger partial charge in [-0.1, -0.05) is 20.8 Å². The topological polar surface area (TPSA) is 44.8 Å². The first-order chi connectivity index (χ1) is 9.77. The summed E-state index contributed by atoms with van der Waals surface area (Å²) in [5, 5.41) is 0. The number of Topliss-reactive ketones (excluding diaryl/α,β-unsaturated/α-hetero) is 1. The Labute approximate surface area is 134 Å². The van der Waals surface area contributed by atoms with Crippen molar-refractivity contribution in [1.82, 2.24) is 0 Å². The SMILES string of the molecule is CCOC(C(=O)c1ccc(OC)c(Br)c1OC)C(C)(C)C. The van der Waals surface area contributed by atoms with Crippen LogP contribution in [0.2, 0.25) is 0 Å². The monoisotopic (exact) mass is 358 g/mol. The molecule has 0 heterocycles. The average Bonchev–Trinajstić information content (AvgIpc) is 2.42. The molecule has 4 nitrogen and oxygen atoms in total. The van der Waals surface area contributed by atoms with Crippen molar-refractivity contribution < 1.29 is 19.0 Å². The zero-order valence-corrected chi connectivity index (χ0v) is 15.0. The van der Waals surface area contributed by atoms with Gasteiger partial charge in [-0.3, -0.25) is 4.79 Å². The van der Waals surface area contributed by atoms with Gasteiger partial charge in [-0.05, 0) is 40.4 Å². The van der Waals surface area contributed by atoms with Crippen molar-refractivity contribution in [3.8, 4) is 11.5 Å². The Morgan fingerprint density at radius 1 is 1.24 bits per heavy atom. The van der Waals surface area contributed by atoms with E-state index in [1.54, 1.807) is 19.2 Å². The highest BCUT2D eigenvalue weighted by Gasteiger charge is 2.34. The molecular weight excluding hydrogens is 336 g/mol. The number of hydrogen-bond acceptors (Lipinski definition) is 4. The summed E-state index contributed by atoms with van der Waals surface area (Å²) in [6.45, 7) is 8.31. The number of hydrogen-bond donors (Lipinski definition) is 0. The van der Waals surface area contributed by atoms with Gasteiger partial charge in [-0.25, -0.2) is 0 Å². The molecule has 0 aliphatic carbocycles. The van der Waals surface area contributed by atoms with Crippen molar-refractivity contribution in [3.63, 3.8) is 0 Å². The number of halogens is 1. The van der Waals surface area contributed by atoms with Crippen LogP contribution in [-0.2, 0) is 4.74 Å². The van der Waals surface area contributed by atoms with Gasteiger partial charge >= 0.3 is 0 Å². The summed E-state index contributed by atoms with van der Waals surface area (Å²) in [4.78, 5) is 12.8. The van der Waals surface area contributed by atoms with Gasteiger partial charge < -0.3 is 14.2 Å². The van der Waals surface area contributed by atoms with E-state index in [4.69, 9.17) is 14.2 Å². The molecule has 0 saturated carbocycles. The molecule has 21 heavy (non-hydrogen) atoms. The van der Waals surface area contributed by atoms with Crippen molar-refractivity contribution in [2.75, 3.05) is 20.8 Å². The van der Waals surface area contributed by atoms with Crippen molar-refractivity contribution in [2.45, 2.75) is 33.8 Å². The van der Waals surface area contributed by atoms with E-state index >= 15 is 0 Å². The largest absolute Gasteiger partial charge is 0.495 e. The van der Waals surface area contributed by atoms with Crippen LogP contribution >= 0.6 is 15.9 Å². The van der Waals surface area contributed by atoms with Crippen LogP contribution in [0, 0.1) is 5.41 Å². The molecule has 0 saturated heterocycles. The van der Waals surface area contributed by atoms with Crippen LogP contribution in [0.4, 0.5) is 0 Å². The molecule has 0 spiro atoms. The van der Waals surface area contributed by atoms with Crippen molar-refractivity contribution >= 4 is 21.7 Å². The fourth-order valence-electron chi connectivity index (χ4n) is 2.12. The summed E-state index contributed by atoms with van der Waals surface area (Å²) in [5.74, 6) is 0.991. The summed E-state index contributed by atoms with van der Waals surface area (Å²) in [5.41, 5.74) is 0.184. The van der Waals surface area contributed by atoms with Gasteiger partial charge in [-0.15, -0.1) is 0 Å². The van der Waals surface area contributed by atoms with Crippen LogP contribution in [0.15, 0.2) is 16.6 Å². The zero-order valence-electron chi connectivity index (χ0n) is 13.5. The second-order valence-corrected chi connectivity index (χ2v) is 6.52. The first-order valence-electron chi connectivity index (χ1n) is 6.84. The Morgan fingerprint density at radius 2 is 1.86 bits per heavy atom. The number of carbonyl (C=O) groups is 1. The van der Waals surface area contributed by atoms with Crippen molar-refractivity contribution in [2.24, 2.45) is 5.41 Å². The minimum absolute atomic E-state index is 0.0930. The Hall–Kier alpha value is -1.07. The van der Waals surface area contributed by atoms with Gasteiger partial charge in [0.2, 0.25) is 0 Å². The number of rotatable bonds is 6. The highest BCUT2D eigenvalue weighted by Crippen LogP contribution is 2.39. The van der Waals surface area contributed by atoms with E-state index in [0.29, 0.717) is 28.1 Å². The summed E-state index contributed by atoms with van der Waals surface area (Å²) >= 11 is 3.42. The van der Waals surface area contributed by atoms with Gasteiger partial charge in [-0.2, -0.15) is 0 Å². The summed E-state index contributed by atoms with van der Waals surface area (Å²) < 4.78 is 16.9. The molecular formula is C16H23BrO4. The van der Waals surface area contributed by atoms with Gasteiger partial charge in [0, 0.05) is 6.61 Å². The third kappa shape index (κ3) is 3.98. The average molecular weight is 359 g/mol. The molecule has 1 rings (SSSR count). The van der Waals surface area contributed by atoms with Crippen molar-refractivity contribution in [3.05, 3.63) is 22.2 Å². The van der Waals surface area contributed by atoms with Crippen LogP contribution in [0.5, 0.6) is 11.5 Å². The predicted molar refractivity (Wildman–Crippen MR) is 86.4 cm³/mol. The van der Waals surface area contributed by atoms with Gasteiger partial charge in [0.1, 0.15) is 22.1 Å². The Kier molecular flexibility index (Phi) is 6.23.